The normalized spacial score (nSPS) is 12.0. The van der Waals surface area contributed by atoms with E-state index in [4.69, 9.17) is 14.2 Å². The van der Waals surface area contributed by atoms with Crippen molar-refractivity contribution in [1.82, 2.24) is 0 Å². The zero-order valence-electron chi connectivity index (χ0n) is 47.3. The molecule has 0 N–H and O–H groups in total. The van der Waals surface area contributed by atoms with Crippen molar-refractivity contribution < 1.29 is 28.6 Å². The summed E-state index contributed by atoms with van der Waals surface area (Å²) in [4.78, 5) is 38.3. The Labute approximate surface area is 431 Å². The van der Waals surface area contributed by atoms with Crippen LogP contribution in [0.5, 0.6) is 0 Å². The molecular formula is C63H122O6. The standard InChI is InChI=1S/C63H122O6/c1-5-7-9-11-13-15-17-19-21-22-23-27-31-35-39-43-47-51-55-62(65)68-58-60(57-67-61(64)54-50-46-42-38-34-30-20-18-16-14-12-10-8-6-2)69-63(66)56-52-48-44-40-36-32-28-25-24-26-29-33-37-41-45-49-53-59(3)4/h59-60H,5-58H2,1-4H3/t60-/m1/s1. The highest BCUT2D eigenvalue weighted by atomic mass is 16.6. The fraction of sp³-hybridized carbons (Fsp3) is 0.952. The minimum absolute atomic E-state index is 0.0612. The molecule has 0 unspecified atom stereocenters. The van der Waals surface area contributed by atoms with E-state index in [-0.39, 0.29) is 31.1 Å². The number of hydrogen-bond donors (Lipinski definition) is 0. The lowest BCUT2D eigenvalue weighted by atomic mass is 10.0. The van der Waals surface area contributed by atoms with Gasteiger partial charge in [-0.15, -0.1) is 0 Å². The molecule has 0 saturated carbocycles. The van der Waals surface area contributed by atoms with Crippen molar-refractivity contribution in [2.24, 2.45) is 5.92 Å². The largest absolute Gasteiger partial charge is 0.462 e. The molecule has 69 heavy (non-hydrogen) atoms. The molecular weight excluding hydrogens is 853 g/mol. The van der Waals surface area contributed by atoms with Crippen LogP contribution in [-0.4, -0.2) is 37.2 Å². The highest BCUT2D eigenvalue weighted by Gasteiger charge is 2.19. The third kappa shape index (κ3) is 57.2. The molecule has 0 rings (SSSR count). The Morgan fingerprint density at radius 3 is 0.710 bits per heavy atom. The first-order chi connectivity index (χ1) is 33.9. The maximum atomic E-state index is 12.9. The fourth-order valence-corrected chi connectivity index (χ4v) is 9.81. The summed E-state index contributed by atoms with van der Waals surface area (Å²) in [6.07, 6.45) is 63.8. The van der Waals surface area contributed by atoms with Crippen LogP contribution in [0.1, 0.15) is 362 Å². The highest BCUT2D eigenvalue weighted by Crippen LogP contribution is 2.19. The van der Waals surface area contributed by atoms with Crippen molar-refractivity contribution in [3.63, 3.8) is 0 Å². The predicted molar refractivity (Wildman–Crippen MR) is 298 cm³/mol. The van der Waals surface area contributed by atoms with Crippen LogP contribution in [0.4, 0.5) is 0 Å². The van der Waals surface area contributed by atoms with Gasteiger partial charge >= 0.3 is 17.9 Å². The van der Waals surface area contributed by atoms with Crippen LogP contribution in [0.25, 0.3) is 0 Å². The molecule has 0 aliphatic carbocycles. The SMILES string of the molecule is CCCCCCCCCCCCCCCCCCCCC(=O)OC[C@@H](COC(=O)CCCCCCCCCCCCCCCC)OC(=O)CCCCCCCCCCCCCCCCCCC(C)C. The van der Waals surface area contributed by atoms with Gasteiger partial charge in [-0.05, 0) is 25.2 Å². The van der Waals surface area contributed by atoms with Crippen LogP contribution in [0, 0.1) is 5.92 Å². The lowest BCUT2D eigenvalue weighted by Crippen LogP contribution is -2.30. The Morgan fingerprint density at radius 2 is 0.478 bits per heavy atom. The van der Waals surface area contributed by atoms with Crippen LogP contribution in [0.2, 0.25) is 0 Å². The molecule has 0 aromatic heterocycles. The van der Waals surface area contributed by atoms with Crippen LogP contribution in [-0.2, 0) is 28.6 Å². The van der Waals surface area contributed by atoms with Crippen LogP contribution in [0.3, 0.4) is 0 Å². The molecule has 0 aromatic carbocycles. The molecule has 6 nitrogen and oxygen atoms in total. The smallest absolute Gasteiger partial charge is 0.306 e. The van der Waals surface area contributed by atoms with Gasteiger partial charge in [-0.25, -0.2) is 0 Å². The summed E-state index contributed by atoms with van der Waals surface area (Å²) in [6, 6.07) is 0. The molecule has 0 aliphatic heterocycles. The van der Waals surface area contributed by atoms with Gasteiger partial charge in [-0.2, -0.15) is 0 Å². The summed E-state index contributed by atoms with van der Waals surface area (Å²) in [5, 5.41) is 0. The van der Waals surface area contributed by atoms with E-state index in [1.54, 1.807) is 0 Å². The van der Waals surface area contributed by atoms with Crippen molar-refractivity contribution in [1.29, 1.82) is 0 Å². The van der Waals surface area contributed by atoms with Gasteiger partial charge in [-0.1, -0.05) is 323 Å². The molecule has 0 amide bonds. The Hall–Kier alpha value is -1.59. The molecule has 0 spiro atoms. The summed E-state index contributed by atoms with van der Waals surface area (Å²) >= 11 is 0. The zero-order chi connectivity index (χ0) is 50.2. The number of carbonyl (C=O) groups is 3. The second-order valence-electron chi connectivity index (χ2n) is 22.2. The minimum atomic E-state index is -0.762. The topological polar surface area (TPSA) is 78.9 Å². The lowest BCUT2D eigenvalue weighted by Gasteiger charge is -2.18. The summed E-state index contributed by atoms with van der Waals surface area (Å²) < 4.78 is 16.9. The van der Waals surface area contributed by atoms with Gasteiger partial charge in [0.1, 0.15) is 13.2 Å². The fourth-order valence-electron chi connectivity index (χ4n) is 9.81. The Morgan fingerprint density at radius 1 is 0.275 bits per heavy atom. The summed E-state index contributed by atoms with van der Waals surface area (Å²) in [6.45, 7) is 9.09. The van der Waals surface area contributed by atoms with E-state index in [2.05, 4.69) is 27.7 Å². The average Bonchev–Trinajstić information content (AvgIpc) is 3.34. The zero-order valence-corrected chi connectivity index (χ0v) is 47.3. The molecule has 0 fully saturated rings. The van der Waals surface area contributed by atoms with Gasteiger partial charge in [0.05, 0.1) is 0 Å². The van der Waals surface area contributed by atoms with Crippen molar-refractivity contribution >= 4 is 17.9 Å². The maximum Gasteiger partial charge on any atom is 0.306 e. The van der Waals surface area contributed by atoms with Gasteiger partial charge in [0.15, 0.2) is 6.10 Å². The molecule has 0 aromatic rings. The third-order valence-electron chi connectivity index (χ3n) is 14.5. The first-order valence-electron chi connectivity index (χ1n) is 31.4. The number of carbonyl (C=O) groups excluding carboxylic acids is 3. The number of ether oxygens (including phenoxy) is 3. The molecule has 0 heterocycles. The van der Waals surface area contributed by atoms with E-state index < -0.39 is 6.10 Å². The lowest BCUT2D eigenvalue weighted by molar-refractivity contribution is -0.167. The van der Waals surface area contributed by atoms with E-state index in [9.17, 15) is 14.4 Å². The molecule has 410 valence electrons. The Kier molecular flexibility index (Phi) is 56.0. The number of unbranched alkanes of at least 4 members (excludes halogenated alkanes) is 45. The van der Waals surface area contributed by atoms with Crippen molar-refractivity contribution in [2.75, 3.05) is 13.2 Å². The Bertz CT molecular complexity index is 1040. The van der Waals surface area contributed by atoms with E-state index in [0.29, 0.717) is 19.3 Å². The first kappa shape index (κ1) is 67.4. The molecule has 6 heteroatoms. The van der Waals surface area contributed by atoms with E-state index in [1.165, 1.54) is 257 Å². The van der Waals surface area contributed by atoms with Crippen molar-refractivity contribution in [3.05, 3.63) is 0 Å². The number of esters is 3. The van der Waals surface area contributed by atoms with Crippen LogP contribution in [0.15, 0.2) is 0 Å². The van der Waals surface area contributed by atoms with Gasteiger partial charge in [-0.3, -0.25) is 14.4 Å². The maximum absolute atomic E-state index is 12.9. The highest BCUT2D eigenvalue weighted by molar-refractivity contribution is 5.71. The molecule has 0 saturated heterocycles. The van der Waals surface area contributed by atoms with E-state index in [0.717, 1.165) is 63.7 Å². The summed E-state index contributed by atoms with van der Waals surface area (Å²) in [5.41, 5.74) is 0. The Balaban J connectivity index is 4.27. The predicted octanol–water partition coefficient (Wildman–Crippen LogP) is 21.0. The molecule has 0 radical (unpaired) electrons. The van der Waals surface area contributed by atoms with Crippen LogP contribution >= 0.6 is 0 Å². The van der Waals surface area contributed by atoms with E-state index >= 15 is 0 Å². The molecule has 0 aliphatic rings. The summed E-state index contributed by atoms with van der Waals surface area (Å²) in [7, 11) is 0. The second-order valence-corrected chi connectivity index (χ2v) is 22.2. The van der Waals surface area contributed by atoms with Gasteiger partial charge < -0.3 is 14.2 Å². The second kappa shape index (κ2) is 57.3. The van der Waals surface area contributed by atoms with Gasteiger partial charge in [0.25, 0.3) is 0 Å². The van der Waals surface area contributed by atoms with Gasteiger partial charge in [0, 0.05) is 19.3 Å². The molecule has 1 atom stereocenters. The van der Waals surface area contributed by atoms with E-state index in [1.807, 2.05) is 0 Å². The monoisotopic (exact) mass is 975 g/mol. The average molecular weight is 976 g/mol. The van der Waals surface area contributed by atoms with Gasteiger partial charge in [0.2, 0.25) is 0 Å². The van der Waals surface area contributed by atoms with Crippen LogP contribution < -0.4 is 0 Å². The minimum Gasteiger partial charge on any atom is -0.462 e. The van der Waals surface area contributed by atoms with Crippen molar-refractivity contribution in [2.45, 2.75) is 368 Å². The molecule has 0 bridgehead atoms. The van der Waals surface area contributed by atoms with Crippen molar-refractivity contribution in [3.8, 4) is 0 Å². The first-order valence-corrected chi connectivity index (χ1v) is 31.4. The number of rotatable bonds is 58. The number of hydrogen-bond acceptors (Lipinski definition) is 6. The third-order valence-corrected chi connectivity index (χ3v) is 14.5. The summed E-state index contributed by atoms with van der Waals surface area (Å²) in [5.74, 6) is 0.0233. The quantitative estimate of drug-likeness (QED) is 0.0343.